The first kappa shape index (κ1) is 57.0. The molecule has 0 unspecified atom stereocenters. The number of carbonyl (C=O) groups is 9. The minimum absolute atomic E-state index is 0.0303. The van der Waals surface area contributed by atoms with Crippen molar-refractivity contribution in [3.05, 3.63) is 65.7 Å². The fraction of sp³-hybridized carbons (Fsp3) is 0.588. The normalized spacial score (nSPS) is 19.3. The molecule has 2 aliphatic rings. The molecule has 20 nitrogen and oxygen atoms in total. The molecule has 71 heavy (non-hydrogen) atoms. The highest BCUT2D eigenvalue weighted by molar-refractivity contribution is 5.98. The smallest absolute Gasteiger partial charge is 0.326 e. The van der Waals surface area contributed by atoms with Gasteiger partial charge in [-0.3, -0.25) is 38.4 Å². The SMILES string of the molecule is CC[C@H](C)[C@H](NC(=O)[C@H](Cc1ccc(O)cc1)NC(=O)[C@H](Cc1ccccc1)NC(=O)[C@@H]1CCCN1C(=O)[C@@H]1CCCN1)C(=O)N[C@H](C(=O)N[C@H](C(=O)N[C@@H](CCC(=O)O)C(=O)O)[C@@H](C)CC)[C@@H](C)CC. The minimum Gasteiger partial charge on any atom is -0.508 e. The van der Waals surface area contributed by atoms with E-state index in [9.17, 15) is 53.4 Å². The average molecular weight is 991 g/mol. The van der Waals surface area contributed by atoms with Crippen LogP contribution in [0, 0.1) is 17.8 Å². The molecule has 2 aliphatic heterocycles. The second-order valence-electron chi connectivity index (χ2n) is 19.0. The van der Waals surface area contributed by atoms with Crippen LogP contribution in [0.4, 0.5) is 0 Å². The van der Waals surface area contributed by atoms with Gasteiger partial charge in [0.25, 0.3) is 0 Å². The van der Waals surface area contributed by atoms with Crippen molar-refractivity contribution in [2.45, 2.75) is 161 Å². The predicted octanol–water partition coefficient (Wildman–Crippen LogP) is 1.92. The van der Waals surface area contributed by atoms with Gasteiger partial charge in [0.2, 0.25) is 41.4 Å². The van der Waals surface area contributed by atoms with Crippen LogP contribution in [0.15, 0.2) is 54.6 Å². The molecule has 2 heterocycles. The molecule has 2 saturated heterocycles. The van der Waals surface area contributed by atoms with Gasteiger partial charge in [-0.2, -0.15) is 0 Å². The largest absolute Gasteiger partial charge is 0.508 e. The summed E-state index contributed by atoms with van der Waals surface area (Å²) in [6.07, 6.45) is 2.71. The third kappa shape index (κ3) is 16.8. The molecule has 20 heteroatoms. The summed E-state index contributed by atoms with van der Waals surface area (Å²) in [7, 11) is 0. The second-order valence-corrected chi connectivity index (χ2v) is 19.0. The summed E-state index contributed by atoms with van der Waals surface area (Å²) in [4.78, 5) is 123. The Morgan fingerprint density at radius 2 is 1.08 bits per heavy atom. The van der Waals surface area contributed by atoms with E-state index >= 15 is 0 Å². The number of carboxylic acid groups (broad SMARTS) is 2. The number of aromatic hydroxyl groups is 1. The van der Waals surface area contributed by atoms with Gasteiger partial charge in [-0.15, -0.1) is 0 Å². The summed E-state index contributed by atoms with van der Waals surface area (Å²) in [5.74, 6) is -8.73. The van der Waals surface area contributed by atoms with Crippen molar-refractivity contribution < 1.29 is 58.5 Å². The minimum atomic E-state index is -1.54. The molecule has 0 aromatic heterocycles. The first-order chi connectivity index (χ1) is 33.8. The zero-order valence-corrected chi connectivity index (χ0v) is 41.7. The number of rotatable bonds is 27. The monoisotopic (exact) mass is 991 g/mol. The molecule has 4 rings (SSSR count). The van der Waals surface area contributed by atoms with E-state index in [2.05, 4.69) is 37.2 Å². The molecule has 0 aliphatic carbocycles. The molecule has 10 N–H and O–H groups in total. The van der Waals surface area contributed by atoms with Gasteiger partial charge in [0.05, 0.1) is 6.04 Å². The van der Waals surface area contributed by atoms with Crippen LogP contribution in [-0.4, -0.2) is 135 Å². The van der Waals surface area contributed by atoms with Crippen molar-refractivity contribution >= 4 is 53.3 Å². The van der Waals surface area contributed by atoms with Gasteiger partial charge in [0, 0.05) is 25.8 Å². The Labute approximate surface area is 415 Å². The number of nitrogens with zero attached hydrogens (tertiary/aromatic N) is 1. The van der Waals surface area contributed by atoms with Crippen molar-refractivity contribution in [1.82, 2.24) is 42.1 Å². The number of hydrogen-bond acceptors (Lipinski definition) is 11. The lowest BCUT2D eigenvalue weighted by atomic mass is 9.93. The second kappa shape index (κ2) is 27.7. The van der Waals surface area contributed by atoms with Crippen LogP contribution in [0.3, 0.4) is 0 Å². The molecule has 2 aromatic carbocycles. The number of nitrogens with one attached hydrogen (secondary N) is 7. The van der Waals surface area contributed by atoms with Crippen molar-refractivity contribution in [2.75, 3.05) is 13.1 Å². The fourth-order valence-corrected chi connectivity index (χ4v) is 8.71. The van der Waals surface area contributed by atoms with E-state index in [0.29, 0.717) is 62.7 Å². The first-order valence-corrected chi connectivity index (χ1v) is 24.9. The molecular weight excluding hydrogens is 917 g/mol. The van der Waals surface area contributed by atoms with E-state index < -0.39 is 120 Å². The highest BCUT2D eigenvalue weighted by atomic mass is 16.4. The third-order valence-electron chi connectivity index (χ3n) is 13.8. The van der Waals surface area contributed by atoms with E-state index in [4.69, 9.17) is 5.11 Å². The Morgan fingerprint density at radius 1 is 0.606 bits per heavy atom. The number of carbonyl (C=O) groups excluding carboxylic acids is 7. The van der Waals surface area contributed by atoms with Crippen LogP contribution in [0.5, 0.6) is 5.75 Å². The quantitative estimate of drug-likeness (QED) is 0.0613. The van der Waals surface area contributed by atoms with Crippen LogP contribution in [0.2, 0.25) is 0 Å². The Kier molecular flexibility index (Phi) is 22.3. The van der Waals surface area contributed by atoms with Crippen molar-refractivity contribution in [3.63, 3.8) is 0 Å². The lowest BCUT2D eigenvalue weighted by Gasteiger charge is -2.32. The highest BCUT2D eigenvalue weighted by Gasteiger charge is 2.41. The van der Waals surface area contributed by atoms with Gasteiger partial charge < -0.3 is 57.4 Å². The number of aliphatic carboxylic acids is 2. The standard InChI is InChI=1S/C51H74N8O12/c1-7-29(4)41(47(66)53-36(51(70)71)23-24-40(61)62)57-49(68)43(31(6)9-3)58-48(67)42(30(5)8-2)56-45(64)38(28-33-19-21-34(60)22-20-33)54-44(63)37(27-32-15-11-10-12-16-32)55-46(65)39-18-14-26-59(39)50(69)35-17-13-25-52-35/h10-12,15-16,19-22,29-31,35-39,41-43,52,60H,7-9,13-14,17-18,23-28H2,1-6H3,(H,53,66)(H,54,63)(H,55,65)(H,56,64)(H,57,68)(H,58,67)(H,61,62)(H,70,71)/t29-,30-,31-,35-,36-,37-,38-,39-,41-,42-,43-/m0/s1. The number of phenols is 1. The molecule has 0 saturated carbocycles. The lowest BCUT2D eigenvalue weighted by Crippen LogP contribution is -2.62. The van der Waals surface area contributed by atoms with Gasteiger partial charge in [0.15, 0.2) is 0 Å². The summed E-state index contributed by atoms with van der Waals surface area (Å²) >= 11 is 0. The van der Waals surface area contributed by atoms with Crippen LogP contribution >= 0.6 is 0 Å². The number of likely N-dealkylation sites (tertiary alicyclic amines) is 1. The fourth-order valence-electron chi connectivity index (χ4n) is 8.71. The number of phenolic OH excluding ortho intramolecular Hbond substituents is 1. The molecule has 2 fully saturated rings. The molecule has 390 valence electrons. The van der Waals surface area contributed by atoms with E-state index in [-0.39, 0.29) is 30.5 Å². The van der Waals surface area contributed by atoms with E-state index in [1.165, 1.54) is 12.1 Å². The molecule has 0 radical (unpaired) electrons. The van der Waals surface area contributed by atoms with Crippen LogP contribution < -0.4 is 37.2 Å². The summed E-state index contributed by atoms with van der Waals surface area (Å²) in [5, 5.41) is 48.4. The summed E-state index contributed by atoms with van der Waals surface area (Å²) < 4.78 is 0. The van der Waals surface area contributed by atoms with E-state index in [0.717, 1.165) is 6.42 Å². The zero-order valence-electron chi connectivity index (χ0n) is 41.7. The Hall–Kier alpha value is -6.57. The Morgan fingerprint density at radius 3 is 1.58 bits per heavy atom. The summed E-state index contributed by atoms with van der Waals surface area (Å²) in [6.45, 7) is 11.6. The van der Waals surface area contributed by atoms with Crippen molar-refractivity contribution in [2.24, 2.45) is 17.8 Å². The Bertz CT molecular complexity index is 2150. The van der Waals surface area contributed by atoms with Crippen molar-refractivity contribution in [3.8, 4) is 5.75 Å². The first-order valence-electron chi connectivity index (χ1n) is 24.9. The third-order valence-corrected chi connectivity index (χ3v) is 13.8. The number of carboxylic acids is 2. The lowest BCUT2D eigenvalue weighted by molar-refractivity contribution is -0.144. The maximum absolute atomic E-state index is 14.6. The van der Waals surface area contributed by atoms with E-state index in [1.54, 1.807) is 75.9 Å². The molecule has 0 bridgehead atoms. The van der Waals surface area contributed by atoms with E-state index in [1.807, 2.05) is 13.0 Å². The number of hydrogen-bond donors (Lipinski definition) is 10. The number of amides is 7. The Balaban J connectivity index is 1.60. The topological polar surface area (TPSA) is 302 Å². The van der Waals surface area contributed by atoms with Gasteiger partial charge in [-0.05, 0) is 79.7 Å². The van der Waals surface area contributed by atoms with Gasteiger partial charge in [0.1, 0.15) is 48.0 Å². The zero-order chi connectivity index (χ0) is 52.4. The van der Waals surface area contributed by atoms with Crippen LogP contribution in [0.1, 0.15) is 110 Å². The summed E-state index contributed by atoms with van der Waals surface area (Å²) in [6, 6.07) is 5.96. The van der Waals surface area contributed by atoms with Gasteiger partial charge in [-0.1, -0.05) is 103 Å². The average Bonchev–Trinajstić information content (AvgIpc) is 4.09. The summed E-state index contributed by atoms with van der Waals surface area (Å²) in [5.41, 5.74) is 1.26. The molecule has 7 amide bonds. The highest BCUT2D eigenvalue weighted by Crippen LogP contribution is 2.22. The molecular formula is C51H74N8O12. The predicted molar refractivity (Wildman–Crippen MR) is 262 cm³/mol. The number of benzene rings is 2. The van der Waals surface area contributed by atoms with Gasteiger partial charge >= 0.3 is 11.9 Å². The van der Waals surface area contributed by atoms with Gasteiger partial charge in [-0.25, -0.2) is 4.79 Å². The van der Waals surface area contributed by atoms with Crippen molar-refractivity contribution in [1.29, 1.82) is 0 Å². The molecule has 0 spiro atoms. The molecule has 2 aromatic rings. The molecule has 11 atom stereocenters. The maximum Gasteiger partial charge on any atom is 0.326 e. The maximum atomic E-state index is 14.6. The van der Waals surface area contributed by atoms with Crippen LogP contribution in [-0.2, 0) is 56.0 Å². The van der Waals surface area contributed by atoms with Crippen LogP contribution in [0.25, 0.3) is 0 Å².